The highest BCUT2D eigenvalue weighted by atomic mass is 127. The van der Waals surface area contributed by atoms with E-state index in [0.717, 1.165) is 27.5 Å². The molecule has 0 aliphatic carbocycles. The number of para-hydroxylation sites is 1. The molecule has 0 radical (unpaired) electrons. The van der Waals surface area contributed by atoms with E-state index < -0.39 is 11.6 Å². The summed E-state index contributed by atoms with van der Waals surface area (Å²) in [6, 6.07) is 10.5. The molecule has 0 saturated carbocycles. The zero-order valence-corrected chi connectivity index (χ0v) is 23.2. The molecule has 1 saturated heterocycles. The lowest BCUT2D eigenvalue weighted by molar-refractivity contribution is -0.0333. The molecule has 1 aliphatic heterocycles. The van der Waals surface area contributed by atoms with Crippen LogP contribution in [0.4, 0.5) is 4.79 Å². The molecular formula is C27H34INO6. The molecule has 1 heterocycles. The molecule has 190 valence electrons. The molecule has 0 spiro atoms. The Balaban J connectivity index is 2.01. The van der Waals surface area contributed by atoms with Crippen LogP contribution in [-0.4, -0.2) is 48.9 Å². The quantitative estimate of drug-likeness (QED) is 0.162. The van der Waals surface area contributed by atoms with Crippen LogP contribution in [0.2, 0.25) is 0 Å². The molecular weight excluding hydrogens is 561 g/mol. The van der Waals surface area contributed by atoms with E-state index in [1.807, 2.05) is 52.0 Å². The maximum Gasteiger partial charge on any atom is 0.410 e. The number of amides is 1. The largest absolute Gasteiger partial charge is 0.493 e. The first-order valence-electron chi connectivity index (χ1n) is 11.9. The summed E-state index contributed by atoms with van der Waals surface area (Å²) in [5.74, 6) is 0.433. The number of unbranched alkanes of at least 4 members (excludes halogenated alkanes) is 1. The van der Waals surface area contributed by atoms with Crippen LogP contribution in [0.5, 0.6) is 11.5 Å². The maximum atomic E-state index is 13.2. The van der Waals surface area contributed by atoms with E-state index in [-0.39, 0.29) is 12.1 Å². The van der Waals surface area contributed by atoms with E-state index in [0.29, 0.717) is 43.4 Å². The molecule has 0 aromatic heterocycles. The van der Waals surface area contributed by atoms with Gasteiger partial charge in [-0.3, -0.25) is 4.90 Å². The van der Waals surface area contributed by atoms with Crippen molar-refractivity contribution in [1.82, 2.24) is 4.90 Å². The summed E-state index contributed by atoms with van der Waals surface area (Å²) in [6.07, 6.45) is 1.42. The van der Waals surface area contributed by atoms with Gasteiger partial charge in [0, 0.05) is 10.1 Å². The molecule has 1 aliphatic rings. The van der Waals surface area contributed by atoms with Crippen molar-refractivity contribution >= 4 is 34.7 Å². The summed E-state index contributed by atoms with van der Waals surface area (Å²) in [7, 11) is 0. The molecule has 2 aromatic carbocycles. The van der Waals surface area contributed by atoms with Crippen molar-refractivity contribution in [2.24, 2.45) is 0 Å². The molecule has 1 amide bonds. The van der Waals surface area contributed by atoms with Gasteiger partial charge in [0.25, 0.3) is 0 Å². The number of carbonyl (C=O) groups excluding carboxylic acids is 2. The average molecular weight is 595 g/mol. The van der Waals surface area contributed by atoms with Gasteiger partial charge in [-0.05, 0) is 86.0 Å². The van der Waals surface area contributed by atoms with E-state index in [2.05, 4.69) is 29.5 Å². The van der Waals surface area contributed by atoms with Gasteiger partial charge in [-0.15, -0.1) is 0 Å². The molecule has 8 heteroatoms. The number of benzene rings is 2. The third-order valence-corrected chi connectivity index (χ3v) is 6.95. The summed E-state index contributed by atoms with van der Waals surface area (Å²) in [5, 5.41) is 0. The lowest BCUT2D eigenvalue weighted by Gasteiger charge is -2.37. The second-order valence-electron chi connectivity index (χ2n) is 9.45. The second kappa shape index (κ2) is 12.1. The van der Waals surface area contributed by atoms with Gasteiger partial charge in [-0.1, -0.05) is 31.5 Å². The van der Waals surface area contributed by atoms with Crippen LogP contribution in [0, 0.1) is 10.5 Å². The minimum atomic E-state index is -0.609. The Bertz CT molecular complexity index is 1030. The van der Waals surface area contributed by atoms with Crippen LogP contribution >= 0.6 is 22.6 Å². The fourth-order valence-corrected chi connectivity index (χ4v) is 4.56. The number of carbonyl (C=O) groups is 2. The monoisotopic (exact) mass is 595 g/mol. The van der Waals surface area contributed by atoms with Gasteiger partial charge in [0.15, 0.2) is 0 Å². The predicted molar refractivity (Wildman–Crippen MR) is 142 cm³/mol. The summed E-state index contributed by atoms with van der Waals surface area (Å²) in [4.78, 5) is 27.9. The first-order chi connectivity index (χ1) is 16.6. The number of esters is 1. The van der Waals surface area contributed by atoms with Crippen LogP contribution in [0.1, 0.15) is 68.1 Å². The third kappa shape index (κ3) is 7.10. The minimum absolute atomic E-state index is 0.330. The standard InChI is InChI=1S/C27H34INO6/c1-6-7-14-33-22-16-20(21-17-32-15-13-29(21)26(31)35-27(3,4)5)24(28)18(2)23(22)25(30)34-19-11-9-8-10-12-19/h8-12,16,21H,6-7,13-15,17H2,1-5H3. The fourth-order valence-electron chi connectivity index (χ4n) is 3.77. The van der Waals surface area contributed by atoms with Gasteiger partial charge in [0.1, 0.15) is 22.7 Å². The van der Waals surface area contributed by atoms with Crippen molar-refractivity contribution in [3.8, 4) is 11.5 Å². The van der Waals surface area contributed by atoms with E-state index in [4.69, 9.17) is 18.9 Å². The smallest absolute Gasteiger partial charge is 0.410 e. The molecule has 0 bridgehead atoms. The number of halogens is 1. The zero-order chi connectivity index (χ0) is 25.6. The Hall–Kier alpha value is -2.33. The van der Waals surface area contributed by atoms with Crippen LogP contribution < -0.4 is 9.47 Å². The van der Waals surface area contributed by atoms with Gasteiger partial charge in [-0.2, -0.15) is 0 Å². The summed E-state index contributed by atoms with van der Waals surface area (Å²) in [5.41, 5.74) is 1.38. The average Bonchev–Trinajstić information content (AvgIpc) is 2.81. The van der Waals surface area contributed by atoms with Crippen LogP contribution in [-0.2, 0) is 9.47 Å². The number of morpholine rings is 1. The fraction of sp³-hybridized carbons (Fsp3) is 0.481. The molecule has 1 atom stereocenters. The highest BCUT2D eigenvalue weighted by Gasteiger charge is 2.35. The summed E-state index contributed by atoms with van der Waals surface area (Å²) < 4.78 is 24.0. The predicted octanol–water partition coefficient (Wildman–Crippen LogP) is 6.31. The Morgan fingerprint density at radius 1 is 1.20 bits per heavy atom. The van der Waals surface area contributed by atoms with Crippen LogP contribution in [0.15, 0.2) is 36.4 Å². The summed E-state index contributed by atoms with van der Waals surface area (Å²) >= 11 is 2.22. The van der Waals surface area contributed by atoms with E-state index in [1.165, 1.54) is 0 Å². The number of hydrogen-bond donors (Lipinski definition) is 0. The number of nitrogens with zero attached hydrogens (tertiary/aromatic N) is 1. The van der Waals surface area contributed by atoms with Crippen LogP contribution in [0.25, 0.3) is 0 Å². The zero-order valence-electron chi connectivity index (χ0n) is 21.1. The highest BCUT2D eigenvalue weighted by molar-refractivity contribution is 14.1. The SMILES string of the molecule is CCCCOc1cc(C2COCCN2C(=O)OC(C)(C)C)c(I)c(C)c1C(=O)Oc1ccccc1. The Morgan fingerprint density at radius 3 is 2.57 bits per heavy atom. The highest BCUT2D eigenvalue weighted by Crippen LogP contribution is 2.37. The molecule has 3 rings (SSSR count). The molecule has 35 heavy (non-hydrogen) atoms. The van der Waals surface area contributed by atoms with Crippen molar-refractivity contribution in [1.29, 1.82) is 0 Å². The van der Waals surface area contributed by atoms with Gasteiger partial charge < -0.3 is 18.9 Å². The summed E-state index contributed by atoms with van der Waals surface area (Å²) in [6.45, 7) is 11.2. The second-order valence-corrected chi connectivity index (χ2v) is 10.5. The number of ether oxygens (including phenoxy) is 4. The Kier molecular flexibility index (Phi) is 9.40. The van der Waals surface area contributed by atoms with E-state index >= 15 is 0 Å². The van der Waals surface area contributed by atoms with E-state index in [9.17, 15) is 9.59 Å². The normalized spacial score (nSPS) is 16.1. The van der Waals surface area contributed by atoms with Gasteiger partial charge in [-0.25, -0.2) is 9.59 Å². The van der Waals surface area contributed by atoms with Gasteiger partial charge in [0.05, 0.1) is 25.9 Å². The van der Waals surface area contributed by atoms with Gasteiger partial charge in [0.2, 0.25) is 0 Å². The van der Waals surface area contributed by atoms with E-state index in [1.54, 1.807) is 17.0 Å². The van der Waals surface area contributed by atoms with Gasteiger partial charge >= 0.3 is 12.1 Å². The molecule has 7 nitrogen and oxygen atoms in total. The molecule has 0 N–H and O–H groups in total. The molecule has 1 unspecified atom stereocenters. The topological polar surface area (TPSA) is 74.3 Å². The van der Waals surface area contributed by atoms with Crippen molar-refractivity contribution < 1.29 is 28.5 Å². The number of hydrogen-bond acceptors (Lipinski definition) is 6. The molecule has 2 aromatic rings. The van der Waals surface area contributed by atoms with Crippen molar-refractivity contribution in [3.63, 3.8) is 0 Å². The Labute approximate surface area is 221 Å². The minimum Gasteiger partial charge on any atom is -0.493 e. The lowest BCUT2D eigenvalue weighted by Crippen LogP contribution is -2.46. The first kappa shape index (κ1) is 27.3. The first-order valence-corrected chi connectivity index (χ1v) is 13.0. The number of rotatable bonds is 7. The van der Waals surface area contributed by atoms with Crippen LogP contribution in [0.3, 0.4) is 0 Å². The van der Waals surface area contributed by atoms with Crippen molar-refractivity contribution in [3.05, 3.63) is 56.7 Å². The lowest BCUT2D eigenvalue weighted by atomic mass is 9.98. The third-order valence-electron chi connectivity index (χ3n) is 5.52. The maximum absolute atomic E-state index is 13.2. The van der Waals surface area contributed by atoms with Crippen molar-refractivity contribution in [2.45, 2.75) is 59.1 Å². The Morgan fingerprint density at radius 2 is 1.91 bits per heavy atom. The molecule has 1 fully saturated rings. The van der Waals surface area contributed by atoms with Crippen molar-refractivity contribution in [2.75, 3.05) is 26.4 Å².